The van der Waals surface area contributed by atoms with Crippen LogP contribution in [0.3, 0.4) is 0 Å². The second-order valence-electron chi connectivity index (χ2n) is 2.85. The Morgan fingerprint density at radius 2 is 2.25 bits per heavy atom. The van der Waals surface area contributed by atoms with Gasteiger partial charge in [-0.1, -0.05) is 0 Å². The first kappa shape index (κ1) is 13.0. The summed E-state index contributed by atoms with van der Waals surface area (Å²) in [5.74, 6) is -1.92. The number of rotatable bonds is 3. The zero-order valence-corrected chi connectivity index (χ0v) is 9.72. The van der Waals surface area contributed by atoms with Gasteiger partial charge in [0.1, 0.15) is 4.60 Å². The number of methoxy groups -OCH3 is 1. The highest BCUT2D eigenvalue weighted by Gasteiger charge is 2.20. The molecule has 0 saturated heterocycles. The second-order valence-corrected chi connectivity index (χ2v) is 3.66. The summed E-state index contributed by atoms with van der Waals surface area (Å²) in [5, 5.41) is 0. The average molecular weight is 298 g/mol. The Kier molecular flexibility index (Phi) is 4.28. The first-order valence-electron chi connectivity index (χ1n) is 4.15. The summed E-state index contributed by atoms with van der Waals surface area (Å²) in [6.07, 6.45) is -3.45. The molecule has 1 aromatic heterocycles. The largest absolute Gasteiger partial charge is 0.469 e. The number of ether oxygens (including phenoxy) is 1. The molecule has 0 aliphatic carbocycles. The molecule has 0 N–H and O–H groups in total. The molecule has 88 valence electrons. The van der Waals surface area contributed by atoms with Gasteiger partial charge < -0.3 is 4.74 Å². The molecule has 7 heteroatoms. The fourth-order valence-electron chi connectivity index (χ4n) is 1.05. The third-order valence-electron chi connectivity index (χ3n) is 1.80. The number of hydrogen-bond acceptors (Lipinski definition) is 3. The summed E-state index contributed by atoms with van der Waals surface area (Å²) in [5.41, 5.74) is -1.16. The quantitative estimate of drug-likeness (QED) is 0.636. The van der Waals surface area contributed by atoms with Crippen molar-refractivity contribution in [3.05, 3.63) is 27.7 Å². The van der Waals surface area contributed by atoms with E-state index in [2.05, 4.69) is 25.7 Å². The third kappa shape index (κ3) is 2.94. The van der Waals surface area contributed by atoms with Crippen molar-refractivity contribution in [3.8, 4) is 0 Å². The van der Waals surface area contributed by atoms with Crippen LogP contribution in [0.1, 0.15) is 17.7 Å². The van der Waals surface area contributed by atoms with Crippen molar-refractivity contribution in [2.45, 2.75) is 12.8 Å². The number of aromatic nitrogens is 1. The van der Waals surface area contributed by atoms with Crippen LogP contribution < -0.4 is 0 Å². The Bertz CT molecular complexity index is 412. The Morgan fingerprint density at radius 3 is 2.75 bits per heavy atom. The zero-order chi connectivity index (χ0) is 12.3. The van der Waals surface area contributed by atoms with E-state index in [1.807, 2.05) is 0 Å². The number of carbonyl (C=O) groups excluding carboxylic acids is 1. The normalized spacial score (nSPS) is 10.6. The van der Waals surface area contributed by atoms with E-state index in [1.165, 1.54) is 0 Å². The van der Waals surface area contributed by atoms with Gasteiger partial charge in [-0.05, 0) is 22.0 Å². The lowest BCUT2D eigenvalue weighted by atomic mass is 10.2. The Hall–Kier alpha value is -1.11. The van der Waals surface area contributed by atoms with Gasteiger partial charge in [-0.25, -0.2) is 18.2 Å². The summed E-state index contributed by atoms with van der Waals surface area (Å²) in [6, 6.07) is 0.876. The molecule has 1 rings (SSSR count). The molecule has 1 aromatic rings. The van der Waals surface area contributed by atoms with Crippen LogP contribution >= 0.6 is 15.9 Å². The molecule has 0 spiro atoms. The van der Waals surface area contributed by atoms with E-state index in [0.29, 0.717) is 0 Å². The zero-order valence-electron chi connectivity index (χ0n) is 8.14. The van der Waals surface area contributed by atoms with Gasteiger partial charge in [0.15, 0.2) is 5.82 Å². The van der Waals surface area contributed by atoms with Crippen molar-refractivity contribution < 1.29 is 22.7 Å². The predicted octanol–water partition coefficient (Wildman–Crippen LogP) is 2.64. The molecule has 0 atom stereocenters. The Morgan fingerprint density at radius 1 is 1.62 bits per heavy atom. The molecule has 0 aromatic carbocycles. The van der Waals surface area contributed by atoms with Crippen LogP contribution in [0.15, 0.2) is 10.7 Å². The van der Waals surface area contributed by atoms with E-state index < -0.39 is 30.2 Å². The maximum absolute atomic E-state index is 13.4. The SMILES string of the molecule is COC(=O)Cc1nc(Br)cc(C(F)F)c1F. The monoisotopic (exact) mass is 297 g/mol. The standard InChI is InChI=1S/C9H7BrF3NO2/c1-16-7(15)3-5-8(11)4(9(12)13)2-6(10)14-5/h2,9H,3H2,1H3. The maximum atomic E-state index is 13.4. The fraction of sp³-hybridized carbons (Fsp3) is 0.333. The van der Waals surface area contributed by atoms with E-state index in [-0.39, 0.29) is 10.3 Å². The van der Waals surface area contributed by atoms with E-state index >= 15 is 0 Å². The Labute approximate surface area is 97.8 Å². The number of alkyl halides is 2. The summed E-state index contributed by atoms with van der Waals surface area (Å²) in [4.78, 5) is 14.5. The van der Waals surface area contributed by atoms with E-state index in [0.717, 1.165) is 13.2 Å². The van der Waals surface area contributed by atoms with Gasteiger partial charge in [0, 0.05) is 0 Å². The van der Waals surface area contributed by atoms with Crippen LogP contribution in [0.2, 0.25) is 0 Å². The predicted molar refractivity (Wildman–Crippen MR) is 52.6 cm³/mol. The van der Waals surface area contributed by atoms with Gasteiger partial charge >= 0.3 is 5.97 Å². The number of esters is 1. The van der Waals surface area contributed by atoms with E-state index in [9.17, 15) is 18.0 Å². The lowest BCUT2D eigenvalue weighted by Crippen LogP contribution is -2.10. The minimum Gasteiger partial charge on any atom is -0.469 e. The average Bonchev–Trinajstić information content (AvgIpc) is 2.22. The second kappa shape index (κ2) is 5.29. The Balaban J connectivity index is 3.14. The minimum atomic E-state index is -2.96. The topological polar surface area (TPSA) is 39.2 Å². The van der Waals surface area contributed by atoms with E-state index in [4.69, 9.17) is 0 Å². The summed E-state index contributed by atoms with van der Waals surface area (Å²) in [6.45, 7) is 0. The van der Waals surface area contributed by atoms with E-state index in [1.54, 1.807) is 0 Å². The molecule has 0 fully saturated rings. The molecule has 1 heterocycles. The molecule has 0 bridgehead atoms. The van der Waals surface area contributed by atoms with Gasteiger partial charge in [-0.3, -0.25) is 4.79 Å². The molecule has 0 aliphatic rings. The molecule has 16 heavy (non-hydrogen) atoms. The molecular formula is C9H7BrF3NO2. The molecule has 3 nitrogen and oxygen atoms in total. The highest BCUT2D eigenvalue weighted by molar-refractivity contribution is 9.10. The highest BCUT2D eigenvalue weighted by atomic mass is 79.9. The van der Waals surface area contributed by atoms with Gasteiger partial charge in [-0.2, -0.15) is 0 Å². The van der Waals surface area contributed by atoms with Crippen molar-refractivity contribution in [1.29, 1.82) is 0 Å². The summed E-state index contributed by atoms with van der Waals surface area (Å²) in [7, 11) is 1.12. The van der Waals surface area contributed by atoms with Crippen LogP contribution in [0.5, 0.6) is 0 Å². The first-order valence-corrected chi connectivity index (χ1v) is 4.94. The van der Waals surface area contributed by atoms with Gasteiger partial charge in [-0.15, -0.1) is 0 Å². The lowest BCUT2D eigenvalue weighted by Gasteiger charge is -2.07. The molecule has 0 saturated carbocycles. The van der Waals surface area contributed by atoms with Crippen LogP contribution in [-0.4, -0.2) is 18.1 Å². The third-order valence-corrected chi connectivity index (χ3v) is 2.20. The van der Waals surface area contributed by atoms with Gasteiger partial charge in [0.25, 0.3) is 6.43 Å². The smallest absolute Gasteiger partial charge is 0.311 e. The number of hydrogen-bond donors (Lipinski definition) is 0. The minimum absolute atomic E-state index is 0.0445. The molecule has 0 radical (unpaired) electrons. The van der Waals surface area contributed by atoms with Crippen molar-refractivity contribution in [1.82, 2.24) is 4.98 Å². The van der Waals surface area contributed by atoms with Crippen molar-refractivity contribution in [3.63, 3.8) is 0 Å². The van der Waals surface area contributed by atoms with Crippen LogP contribution in [-0.2, 0) is 16.0 Å². The first-order chi connectivity index (χ1) is 7.45. The van der Waals surface area contributed by atoms with Crippen molar-refractivity contribution in [2.75, 3.05) is 7.11 Å². The molecule has 0 aliphatic heterocycles. The fourth-order valence-corrected chi connectivity index (χ4v) is 1.51. The van der Waals surface area contributed by atoms with Crippen LogP contribution in [0.4, 0.5) is 13.2 Å². The van der Waals surface area contributed by atoms with Crippen LogP contribution in [0, 0.1) is 5.82 Å². The molecule has 0 amide bonds. The number of carbonyl (C=O) groups is 1. The van der Waals surface area contributed by atoms with Crippen molar-refractivity contribution in [2.24, 2.45) is 0 Å². The van der Waals surface area contributed by atoms with Gasteiger partial charge in [0.05, 0.1) is 24.8 Å². The molecule has 0 unspecified atom stereocenters. The molecular weight excluding hydrogens is 291 g/mol. The number of nitrogens with zero attached hydrogens (tertiary/aromatic N) is 1. The van der Waals surface area contributed by atoms with Crippen LogP contribution in [0.25, 0.3) is 0 Å². The summed E-state index contributed by atoms with van der Waals surface area (Å²) < 4.78 is 42.6. The number of halogens is 4. The number of pyridine rings is 1. The summed E-state index contributed by atoms with van der Waals surface area (Å²) >= 11 is 2.86. The lowest BCUT2D eigenvalue weighted by molar-refractivity contribution is -0.139. The maximum Gasteiger partial charge on any atom is 0.311 e. The highest BCUT2D eigenvalue weighted by Crippen LogP contribution is 2.26. The van der Waals surface area contributed by atoms with Gasteiger partial charge in [0.2, 0.25) is 0 Å². The van der Waals surface area contributed by atoms with Crippen molar-refractivity contribution >= 4 is 21.9 Å².